The molecule has 2 aromatic carbocycles. The lowest BCUT2D eigenvalue weighted by Gasteiger charge is -2.12. The third-order valence-corrected chi connectivity index (χ3v) is 3.74. The van der Waals surface area contributed by atoms with Gasteiger partial charge in [-0.15, -0.1) is 0 Å². The molecule has 27 heavy (non-hydrogen) atoms. The highest BCUT2D eigenvalue weighted by atomic mass is 19.1. The number of hydrogen-bond acceptors (Lipinski definition) is 5. The topological polar surface area (TPSA) is 107 Å². The van der Waals surface area contributed by atoms with E-state index in [0.717, 1.165) is 0 Å². The Bertz CT molecular complexity index is 1090. The summed E-state index contributed by atoms with van der Waals surface area (Å²) in [4.78, 5) is 34.7. The van der Waals surface area contributed by atoms with Crippen LogP contribution in [-0.4, -0.2) is 20.6 Å². The second-order valence-corrected chi connectivity index (χ2v) is 5.62. The van der Waals surface area contributed by atoms with Crippen LogP contribution in [0.1, 0.15) is 16.2 Å². The number of benzene rings is 2. The summed E-state index contributed by atoms with van der Waals surface area (Å²) in [6.45, 7) is 1.57. The molecule has 0 saturated heterocycles. The number of carbonyl (C=O) groups excluding carboxylic acids is 1. The van der Waals surface area contributed by atoms with Crippen molar-refractivity contribution in [3.05, 3.63) is 92.1 Å². The zero-order valence-corrected chi connectivity index (χ0v) is 14.0. The number of nitrogens with one attached hydrogen (secondary N) is 1. The Kier molecular flexibility index (Phi) is 4.75. The normalized spacial score (nSPS) is 10.4. The van der Waals surface area contributed by atoms with Crippen molar-refractivity contribution in [3.63, 3.8) is 0 Å². The minimum absolute atomic E-state index is 0.0967. The number of aromatic nitrogens is 2. The van der Waals surface area contributed by atoms with Gasteiger partial charge in [0.1, 0.15) is 11.5 Å². The first-order chi connectivity index (χ1) is 12.9. The quantitative estimate of drug-likeness (QED) is 0.563. The number of halogens is 1. The second kappa shape index (κ2) is 7.16. The molecule has 0 radical (unpaired) electrons. The molecule has 0 fully saturated rings. The Balaban J connectivity index is 1.95. The molecule has 3 rings (SSSR count). The van der Waals surface area contributed by atoms with Crippen molar-refractivity contribution in [1.82, 2.24) is 9.78 Å². The molecule has 8 nitrogen and oxygen atoms in total. The van der Waals surface area contributed by atoms with Crippen LogP contribution in [0.15, 0.2) is 59.4 Å². The van der Waals surface area contributed by atoms with E-state index in [4.69, 9.17) is 0 Å². The van der Waals surface area contributed by atoms with Gasteiger partial charge in [0.15, 0.2) is 5.69 Å². The molecule has 1 N–H and O–H groups in total. The molecule has 1 amide bonds. The molecule has 9 heteroatoms. The summed E-state index contributed by atoms with van der Waals surface area (Å²) in [7, 11) is 0. The summed E-state index contributed by atoms with van der Waals surface area (Å²) >= 11 is 0. The standard InChI is InChI=1S/C18H13FN4O4/c1-11-10-16(24)17(21-22(11)15-5-3-2-4-14(15)19)18(25)20-12-6-8-13(9-7-12)23(26)27/h2-10H,1H3,(H,20,25). The molecule has 0 aliphatic carbocycles. The maximum Gasteiger partial charge on any atom is 0.280 e. The maximum atomic E-state index is 14.0. The van der Waals surface area contributed by atoms with Gasteiger partial charge in [0.2, 0.25) is 5.43 Å². The van der Waals surface area contributed by atoms with Gasteiger partial charge in [0, 0.05) is 29.6 Å². The summed E-state index contributed by atoms with van der Waals surface area (Å²) in [5, 5.41) is 17.1. The van der Waals surface area contributed by atoms with Crippen molar-refractivity contribution in [2.24, 2.45) is 0 Å². The largest absolute Gasteiger partial charge is 0.320 e. The van der Waals surface area contributed by atoms with Crippen molar-refractivity contribution >= 4 is 17.3 Å². The first-order valence-corrected chi connectivity index (χ1v) is 7.78. The SMILES string of the molecule is Cc1cc(=O)c(C(=O)Nc2ccc([N+](=O)[O-])cc2)nn1-c1ccccc1F. The number of nitrogens with zero attached hydrogens (tertiary/aromatic N) is 3. The van der Waals surface area contributed by atoms with Crippen LogP contribution in [0.4, 0.5) is 15.8 Å². The number of anilines is 1. The molecule has 0 spiro atoms. The van der Waals surface area contributed by atoms with Gasteiger partial charge in [0.25, 0.3) is 11.6 Å². The summed E-state index contributed by atoms with van der Waals surface area (Å²) < 4.78 is 15.2. The highest BCUT2D eigenvalue weighted by molar-refractivity contribution is 6.02. The average molecular weight is 368 g/mol. The maximum absolute atomic E-state index is 14.0. The predicted molar refractivity (Wildman–Crippen MR) is 95.6 cm³/mol. The molecule has 3 aromatic rings. The van der Waals surface area contributed by atoms with E-state index in [1.807, 2.05) is 0 Å². The lowest BCUT2D eigenvalue weighted by molar-refractivity contribution is -0.384. The fourth-order valence-electron chi connectivity index (χ4n) is 2.43. The molecule has 0 bridgehead atoms. The highest BCUT2D eigenvalue weighted by Crippen LogP contribution is 2.16. The lowest BCUT2D eigenvalue weighted by atomic mass is 10.2. The highest BCUT2D eigenvalue weighted by Gasteiger charge is 2.17. The molecule has 136 valence electrons. The molecule has 1 aromatic heterocycles. The molecule has 0 aliphatic rings. The number of non-ortho nitro benzene ring substituents is 1. The van der Waals surface area contributed by atoms with Gasteiger partial charge in [-0.25, -0.2) is 9.07 Å². The molecule has 0 atom stereocenters. The van der Waals surface area contributed by atoms with Crippen LogP contribution in [0.3, 0.4) is 0 Å². The lowest BCUT2D eigenvalue weighted by Crippen LogP contribution is -2.27. The molecule has 0 saturated carbocycles. The Labute approximate surface area is 152 Å². The molecular formula is C18H13FN4O4. The van der Waals surface area contributed by atoms with Crippen LogP contribution in [0.25, 0.3) is 5.69 Å². The summed E-state index contributed by atoms with van der Waals surface area (Å²) in [5.41, 5.74) is -0.480. The summed E-state index contributed by atoms with van der Waals surface area (Å²) in [6.07, 6.45) is 0. The van der Waals surface area contributed by atoms with E-state index < -0.39 is 27.8 Å². The number of amides is 1. The number of carbonyl (C=O) groups is 1. The van der Waals surface area contributed by atoms with Crippen molar-refractivity contribution < 1.29 is 14.1 Å². The van der Waals surface area contributed by atoms with Crippen LogP contribution in [-0.2, 0) is 0 Å². The van der Waals surface area contributed by atoms with Crippen LogP contribution in [0.5, 0.6) is 0 Å². The molecule has 0 unspecified atom stereocenters. The molecule has 1 heterocycles. The third-order valence-electron chi connectivity index (χ3n) is 3.74. The van der Waals surface area contributed by atoms with E-state index in [9.17, 15) is 24.1 Å². The Morgan fingerprint density at radius 3 is 2.48 bits per heavy atom. The number of aryl methyl sites for hydroxylation is 1. The van der Waals surface area contributed by atoms with Crippen LogP contribution in [0.2, 0.25) is 0 Å². The fraction of sp³-hybridized carbons (Fsp3) is 0.0556. The van der Waals surface area contributed by atoms with Gasteiger partial charge in [-0.1, -0.05) is 12.1 Å². The Morgan fingerprint density at radius 2 is 1.85 bits per heavy atom. The predicted octanol–water partition coefficient (Wildman–Crippen LogP) is 2.84. The van der Waals surface area contributed by atoms with Crippen molar-refractivity contribution in [1.29, 1.82) is 0 Å². The number of para-hydroxylation sites is 1. The van der Waals surface area contributed by atoms with E-state index in [1.165, 1.54) is 53.2 Å². The molecular weight excluding hydrogens is 355 g/mol. The van der Waals surface area contributed by atoms with Gasteiger partial charge in [-0.3, -0.25) is 19.7 Å². The fourth-order valence-corrected chi connectivity index (χ4v) is 2.43. The number of rotatable bonds is 4. The van der Waals surface area contributed by atoms with Gasteiger partial charge in [-0.05, 0) is 31.2 Å². The van der Waals surface area contributed by atoms with Crippen molar-refractivity contribution in [2.45, 2.75) is 6.92 Å². The Morgan fingerprint density at radius 1 is 1.19 bits per heavy atom. The van der Waals surface area contributed by atoms with Crippen LogP contribution >= 0.6 is 0 Å². The summed E-state index contributed by atoms with van der Waals surface area (Å²) in [6, 6.07) is 12.1. The summed E-state index contributed by atoms with van der Waals surface area (Å²) in [5.74, 6) is -1.36. The van der Waals surface area contributed by atoms with E-state index in [1.54, 1.807) is 13.0 Å². The minimum Gasteiger partial charge on any atom is -0.320 e. The van der Waals surface area contributed by atoms with E-state index in [0.29, 0.717) is 5.69 Å². The third kappa shape index (κ3) is 3.71. The second-order valence-electron chi connectivity index (χ2n) is 5.62. The first-order valence-electron chi connectivity index (χ1n) is 7.78. The monoisotopic (exact) mass is 368 g/mol. The van der Waals surface area contributed by atoms with E-state index in [-0.39, 0.29) is 17.1 Å². The van der Waals surface area contributed by atoms with E-state index >= 15 is 0 Å². The number of nitro benzene ring substituents is 1. The minimum atomic E-state index is -0.807. The van der Waals surface area contributed by atoms with Crippen molar-refractivity contribution in [2.75, 3.05) is 5.32 Å². The van der Waals surface area contributed by atoms with Gasteiger partial charge >= 0.3 is 0 Å². The molecule has 0 aliphatic heterocycles. The van der Waals surface area contributed by atoms with Gasteiger partial charge in [0.05, 0.1) is 4.92 Å². The number of nitro groups is 1. The van der Waals surface area contributed by atoms with Gasteiger partial charge < -0.3 is 5.32 Å². The smallest absolute Gasteiger partial charge is 0.280 e. The van der Waals surface area contributed by atoms with Crippen LogP contribution in [0, 0.1) is 22.9 Å². The number of hydrogen-bond donors (Lipinski definition) is 1. The van der Waals surface area contributed by atoms with Crippen LogP contribution < -0.4 is 10.7 Å². The average Bonchev–Trinajstić information content (AvgIpc) is 2.63. The zero-order chi connectivity index (χ0) is 19.6. The van der Waals surface area contributed by atoms with Crippen molar-refractivity contribution in [3.8, 4) is 5.69 Å². The van der Waals surface area contributed by atoms with Gasteiger partial charge in [-0.2, -0.15) is 5.10 Å². The van der Waals surface area contributed by atoms with E-state index in [2.05, 4.69) is 10.4 Å². The Hall–Kier alpha value is -3.88. The first kappa shape index (κ1) is 17.9. The zero-order valence-electron chi connectivity index (χ0n) is 14.0.